The highest BCUT2D eigenvalue weighted by atomic mass is 35.5. The lowest BCUT2D eigenvalue weighted by Crippen LogP contribution is -2.20. The Hall–Kier alpha value is -2.20. The van der Waals surface area contributed by atoms with Gasteiger partial charge in [-0.2, -0.15) is 0 Å². The largest absolute Gasteiger partial charge is 0.483 e. The summed E-state index contributed by atoms with van der Waals surface area (Å²) in [7, 11) is 0. The molecule has 0 aliphatic carbocycles. The zero-order chi connectivity index (χ0) is 14.5. The molecule has 0 radical (unpaired) electrons. The summed E-state index contributed by atoms with van der Waals surface area (Å²) in [6.45, 7) is 1.79. The fourth-order valence-electron chi connectivity index (χ4n) is 1.66. The first-order valence-electron chi connectivity index (χ1n) is 6.09. The van der Waals surface area contributed by atoms with Gasteiger partial charge in [0.05, 0.1) is 10.7 Å². The van der Waals surface area contributed by atoms with E-state index in [9.17, 15) is 4.79 Å². The molecule has 0 aliphatic heterocycles. The lowest BCUT2D eigenvalue weighted by Gasteiger charge is -2.10. The van der Waals surface area contributed by atoms with Crippen molar-refractivity contribution in [2.75, 3.05) is 17.7 Å². The molecule has 1 amide bonds. The molecular formula is C15H15ClN2O2. The van der Waals surface area contributed by atoms with E-state index >= 15 is 0 Å². The van der Waals surface area contributed by atoms with Crippen LogP contribution in [0.2, 0.25) is 5.02 Å². The Balaban J connectivity index is 1.96. The predicted molar refractivity (Wildman–Crippen MR) is 81.2 cm³/mol. The Morgan fingerprint density at radius 2 is 2.05 bits per heavy atom. The minimum atomic E-state index is -0.278. The number of hydrogen-bond acceptors (Lipinski definition) is 3. The van der Waals surface area contributed by atoms with Crippen molar-refractivity contribution in [2.24, 2.45) is 0 Å². The van der Waals surface area contributed by atoms with Gasteiger partial charge in [0.15, 0.2) is 6.61 Å². The van der Waals surface area contributed by atoms with Gasteiger partial charge in [-0.1, -0.05) is 29.8 Å². The first-order valence-corrected chi connectivity index (χ1v) is 6.47. The first kappa shape index (κ1) is 14.2. The summed E-state index contributed by atoms with van der Waals surface area (Å²) in [5, 5.41) is 3.17. The van der Waals surface area contributed by atoms with Gasteiger partial charge in [-0.05, 0) is 30.7 Å². The van der Waals surface area contributed by atoms with Crippen LogP contribution in [0.3, 0.4) is 0 Å². The van der Waals surface area contributed by atoms with Crippen LogP contribution in [0.25, 0.3) is 0 Å². The summed E-state index contributed by atoms with van der Waals surface area (Å²) in [4.78, 5) is 11.8. The smallest absolute Gasteiger partial charge is 0.262 e. The second kappa shape index (κ2) is 6.30. The quantitative estimate of drug-likeness (QED) is 0.850. The van der Waals surface area contributed by atoms with Crippen LogP contribution >= 0.6 is 11.6 Å². The first-order chi connectivity index (χ1) is 9.56. The van der Waals surface area contributed by atoms with Gasteiger partial charge < -0.3 is 15.8 Å². The molecule has 0 atom stereocenters. The number of benzene rings is 2. The van der Waals surface area contributed by atoms with E-state index in [4.69, 9.17) is 22.1 Å². The standard InChI is InChI=1S/C15H15ClN2O2/c1-10-6-7-11(17)8-14(10)20-9-15(19)18-13-5-3-2-4-12(13)16/h2-8H,9,17H2,1H3,(H,18,19). The number of nitrogens with one attached hydrogen (secondary N) is 1. The molecule has 0 heterocycles. The molecule has 0 aromatic heterocycles. The van der Waals surface area contributed by atoms with Gasteiger partial charge in [-0.25, -0.2) is 0 Å². The van der Waals surface area contributed by atoms with Gasteiger partial charge in [0, 0.05) is 11.8 Å². The second-order valence-electron chi connectivity index (χ2n) is 4.34. The summed E-state index contributed by atoms with van der Waals surface area (Å²) in [6.07, 6.45) is 0. The fraction of sp³-hybridized carbons (Fsp3) is 0.133. The summed E-state index contributed by atoms with van der Waals surface area (Å²) in [5.41, 5.74) is 7.76. The molecule has 0 bridgehead atoms. The third-order valence-corrected chi connectivity index (χ3v) is 3.05. The lowest BCUT2D eigenvalue weighted by atomic mass is 10.2. The molecule has 2 aromatic carbocycles. The van der Waals surface area contributed by atoms with Crippen molar-refractivity contribution in [3.63, 3.8) is 0 Å². The van der Waals surface area contributed by atoms with Gasteiger partial charge in [-0.15, -0.1) is 0 Å². The summed E-state index contributed by atoms with van der Waals surface area (Å²) in [6, 6.07) is 12.3. The Morgan fingerprint density at radius 3 is 2.80 bits per heavy atom. The summed E-state index contributed by atoms with van der Waals surface area (Å²) >= 11 is 5.96. The Labute approximate surface area is 122 Å². The summed E-state index contributed by atoms with van der Waals surface area (Å²) < 4.78 is 5.46. The van der Waals surface area contributed by atoms with Gasteiger partial charge in [0.25, 0.3) is 5.91 Å². The van der Waals surface area contributed by atoms with E-state index in [-0.39, 0.29) is 12.5 Å². The topological polar surface area (TPSA) is 64.3 Å². The van der Waals surface area contributed by atoms with Crippen molar-refractivity contribution < 1.29 is 9.53 Å². The highest BCUT2D eigenvalue weighted by Gasteiger charge is 2.07. The molecule has 104 valence electrons. The number of carbonyl (C=O) groups excluding carboxylic acids is 1. The van der Waals surface area contributed by atoms with Gasteiger partial charge in [-0.3, -0.25) is 4.79 Å². The molecule has 0 spiro atoms. The molecule has 0 aliphatic rings. The molecule has 2 aromatic rings. The molecule has 3 N–H and O–H groups in total. The summed E-state index contributed by atoms with van der Waals surface area (Å²) in [5.74, 6) is 0.319. The van der Waals surface area contributed by atoms with Crippen molar-refractivity contribution in [1.29, 1.82) is 0 Å². The monoisotopic (exact) mass is 290 g/mol. The van der Waals surface area contributed by atoms with Gasteiger partial charge >= 0.3 is 0 Å². The van der Waals surface area contributed by atoms with Crippen LogP contribution in [0.1, 0.15) is 5.56 Å². The van der Waals surface area contributed by atoms with Gasteiger partial charge in [0.1, 0.15) is 5.75 Å². The molecule has 0 fully saturated rings. The average Bonchev–Trinajstić information content (AvgIpc) is 2.42. The molecule has 20 heavy (non-hydrogen) atoms. The van der Waals surface area contributed by atoms with E-state index in [0.717, 1.165) is 5.56 Å². The van der Waals surface area contributed by atoms with Crippen molar-refractivity contribution in [1.82, 2.24) is 0 Å². The van der Waals surface area contributed by atoms with Crippen molar-refractivity contribution in [3.05, 3.63) is 53.1 Å². The number of rotatable bonds is 4. The number of aryl methyl sites for hydroxylation is 1. The maximum Gasteiger partial charge on any atom is 0.262 e. The van der Waals surface area contributed by atoms with E-state index in [1.54, 1.807) is 36.4 Å². The highest BCUT2D eigenvalue weighted by molar-refractivity contribution is 6.33. The van der Waals surface area contributed by atoms with Crippen LogP contribution in [-0.2, 0) is 4.79 Å². The molecular weight excluding hydrogens is 276 g/mol. The van der Waals surface area contributed by atoms with E-state index in [0.29, 0.717) is 22.1 Å². The van der Waals surface area contributed by atoms with Crippen LogP contribution in [-0.4, -0.2) is 12.5 Å². The Morgan fingerprint density at radius 1 is 1.30 bits per heavy atom. The molecule has 0 saturated carbocycles. The Kier molecular flexibility index (Phi) is 4.48. The van der Waals surface area contributed by atoms with Crippen LogP contribution in [0.4, 0.5) is 11.4 Å². The molecule has 2 rings (SSSR count). The molecule has 4 nitrogen and oxygen atoms in total. The minimum absolute atomic E-state index is 0.102. The number of hydrogen-bond donors (Lipinski definition) is 2. The zero-order valence-electron chi connectivity index (χ0n) is 11.0. The van der Waals surface area contributed by atoms with Crippen LogP contribution in [0, 0.1) is 6.92 Å². The third kappa shape index (κ3) is 3.65. The van der Waals surface area contributed by atoms with Crippen molar-refractivity contribution >= 4 is 28.9 Å². The molecule has 0 unspecified atom stereocenters. The number of carbonyl (C=O) groups is 1. The van der Waals surface area contributed by atoms with Crippen molar-refractivity contribution in [3.8, 4) is 5.75 Å². The van der Waals surface area contributed by atoms with E-state index in [2.05, 4.69) is 5.32 Å². The number of halogens is 1. The van der Waals surface area contributed by atoms with Crippen LogP contribution < -0.4 is 15.8 Å². The number of para-hydroxylation sites is 1. The maximum atomic E-state index is 11.8. The van der Waals surface area contributed by atoms with Crippen LogP contribution in [0.5, 0.6) is 5.75 Å². The lowest BCUT2D eigenvalue weighted by molar-refractivity contribution is -0.118. The highest BCUT2D eigenvalue weighted by Crippen LogP contribution is 2.22. The SMILES string of the molecule is Cc1ccc(N)cc1OCC(=O)Nc1ccccc1Cl. The van der Waals surface area contributed by atoms with E-state index < -0.39 is 0 Å². The van der Waals surface area contributed by atoms with Gasteiger partial charge in [0.2, 0.25) is 0 Å². The Bertz CT molecular complexity index is 629. The minimum Gasteiger partial charge on any atom is -0.483 e. The number of nitrogen functional groups attached to an aromatic ring is 1. The molecule has 5 heteroatoms. The normalized spacial score (nSPS) is 10.1. The van der Waals surface area contributed by atoms with E-state index in [1.807, 2.05) is 13.0 Å². The van der Waals surface area contributed by atoms with Crippen molar-refractivity contribution in [2.45, 2.75) is 6.92 Å². The predicted octanol–water partition coefficient (Wildman–Crippen LogP) is 3.25. The fourth-order valence-corrected chi connectivity index (χ4v) is 1.85. The number of nitrogens with two attached hydrogens (primary N) is 1. The van der Waals surface area contributed by atoms with E-state index in [1.165, 1.54) is 0 Å². The number of amides is 1. The second-order valence-corrected chi connectivity index (χ2v) is 4.75. The zero-order valence-corrected chi connectivity index (χ0v) is 11.8. The molecule has 0 saturated heterocycles. The average molecular weight is 291 g/mol. The van der Waals surface area contributed by atoms with Crippen LogP contribution in [0.15, 0.2) is 42.5 Å². The number of anilines is 2. The maximum absolute atomic E-state index is 11.8. The third-order valence-electron chi connectivity index (χ3n) is 2.72. The number of ether oxygens (including phenoxy) is 1.